The van der Waals surface area contributed by atoms with E-state index in [4.69, 9.17) is 0 Å². The predicted octanol–water partition coefficient (Wildman–Crippen LogP) is 5.05. The molecule has 1 amide bonds. The van der Waals surface area contributed by atoms with Crippen LogP contribution in [0.4, 0.5) is 10.1 Å². The molecular formula is C23H20BrFN2O2. The number of nitrogens with zero attached hydrogens (tertiary/aromatic N) is 2. The Hall–Kier alpha value is -2.57. The molecule has 4 rings (SSSR count). The van der Waals surface area contributed by atoms with E-state index in [-0.39, 0.29) is 11.7 Å². The minimum Gasteiger partial charge on any atom is -0.388 e. The lowest BCUT2D eigenvalue weighted by Gasteiger charge is -2.31. The number of β-lactam (4-membered cyclic amide) rings is 1. The third-order valence-corrected chi connectivity index (χ3v) is 5.67. The van der Waals surface area contributed by atoms with Gasteiger partial charge < -0.3 is 10.0 Å². The fourth-order valence-electron chi connectivity index (χ4n) is 3.47. The molecule has 6 heteroatoms. The molecule has 0 unspecified atom stereocenters. The highest BCUT2D eigenvalue weighted by Gasteiger charge is 2.26. The summed E-state index contributed by atoms with van der Waals surface area (Å²) in [6, 6.07) is 15.7. The number of pyridine rings is 1. The van der Waals surface area contributed by atoms with Gasteiger partial charge in [0, 0.05) is 34.9 Å². The molecule has 3 aromatic rings. The number of carbonyl (C=O) groups excluding carboxylic acids is 1. The molecule has 4 nitrogen and oxygen atoms in total. The van der Waals surface area contributed by atoms with Gasteiger partial charge in [-0.1, -0.05) is 18.2 Å². The Kier molecular flexibility index (Phi) is 5.74. The number of aromatic nitrogens is 1. The molecule has 1 aliphatic heterocycles. The van der Waals surface area contributed by atoms with Crippen LogP contribution in [0.3, 0.4) is 0 Å². The number of halogens is 2. The van der Waals surface area contributed by atoms with Crippen molar-refractivity contribution in [3.8, 4) is 11.3 Å². The van der Waals surface area contributed by atoms with Gasteiger partial charge in [0.2, 0.25) is 5.91 Å². The Bertz CT molecular complexity index is 1020. The first-order valence-electron chi connectivity index (χ1n) is 9.50. The molecule has 1 atom stereocenters. The monoisotopic (exact) mass is 454 g/mol. The van der Waals surface area contributed by atoms with Gasteiger partial charge in [-0.15, -0.1) is 0 Å². The molecule has 0 aliphatic carbocycles. The average Bonchev–Trinajstić information content (AvgIpc) is 2.72. The maximum atomic E-state index is 13.1. The molecule has 148 valence electrons. The maximum absolute atomic E-state index is 13.1. The zero-order valence-electron chi connectivity index (χ0n) is 15.7. The Balaban J connectivity index is 1.61. The summed E-state index contributed by atoms with van der Waals surface area (Å²) in [6.45, 7) is 0.729. The Morgan fingerprint density at radius 3 is 2.55 bits per heavy atom. The number of benzene rings is 2. The fraction of sp³-hybridized carbons (Fsp3) is 0.217. The summed E-state index contributed by atoms with van der Waals surface area (Å²) in [5, 5.41) is 10.5. The van der Waals surface area contributed by atoms with Crippen molar-refractivity contribution in [3.05, 3.63) is 82.2 Å². The smallest absolute Gasteiger partial charge is 0.228 e. The number of hydrogen-bond donors (Lipinski definition) is 1. The Morgan fingerprint density at radius 2 is 1.93 bits per heavy atom. The lowest BCUT2D eigenvalue weighted by Crippen LogP contribution is -2.43. The summed E-state index contributed by atoms with van der Waals surface area (Å²) in [5.41, 5.74) is 4.37. The first kappa shape index (κ1) is 19.7. The van der Waals surface area contributed by atoms with Crippen LogP contribution in [0.5, 0.6) is 0 Å². The third kappa shape index (κ3) is 4.38. The highest BCUT2D eigenvalue weighted by molar-refractivity contribution is 9.10. The second-order valence-electron chi connectivity index (χ2n) is 7.10. The van der Waals surface area contributed by atoms with Crippen molar-refractivity contribution >= 4 is 27.5 Å². The van der Waals surface area contributed by atoms with Crippen LogP contribution in [0.1, 0.15) is 30.1 Å². The van der Waals surface area contributed by atoms with Crippen LogP contribution in [0, 0.1) is 5.82 Å². The molecule has 1 aromatic heterocycles. The van der Waals surface area contributed by atoms with Crippen LogP contribution < -0.4 is 4.90 Å². The van der Waals surface area contributed by atoms with Gasteiger partial charge in [-0.05, 0) is 76.3 Å². The number of anilines is 1. The Labute approximate surface area is 177 Å². The number of aryl methyl sites for hydroxylation is 1. The van der Waals surface area contributed by atoms with Crippen molar-refractivity contribution in [2.75, 3.05) is 11.4 Å². The quantitative estimate of drug-likeness (QED) is 0.530. The van der Waals surface area contributed by atoms with E-state index in [0.717, 1.165) is 33.5 Å². The molecule has 29 heavy (non-hydrogen) atoms. The summed E-state index contributed by atoms with van der Waals surface area (Å²) >= 11 is 3.41. The zero-order chi connectivity index (χ0) is 20.4. The maximum Gasteiger partial charge on any atom is 0.228 e. The molecule has 0 bridgehead atoms. The molecule has 1 aliphatic rings. The lowest BCUT2D eigenvalue weighted by atomic mass is 9.95. The number of rotatable bonds is 6. The van der Waals surface area contributed by atoms with Crippen molar-refractivity contribution in [3.63, 3.8) is 0 Å². The number of aliphatic hydroxyl groups is 1. The van der Waals surface area contributed by atoms with Crippen molar-refractivity contribution in [2.24, 2.45) is 0 Å². The van der Waals surface area contributed by atoms with E-state index in [2.05, 4.69) is 20.9 Å². The molecule has 0 saturated carbocycles. The van der Waals surface area contributed by atoms with Crippen molar-refractivity contribution < 1.29 is 14.3 Å². The average molecular weight is 455 g/mol. The molecule has 1 N–H and O–H groups in total. The molecule has 0 spiro atoms. The normalized spacial score (nSPS) is 14.6. The first-order valence-corrected chi connectivity index (χ1v) is 10.3. The third-order valence-electron chi connectivity index (χ3n) is 5.20. The zero-order valence-corrected chi connectivity index (χ0v) is 17.3. The molecule has 1 fully saturated rings. The van der Waals surface area contributed by atoms with Gasteiger partial charge in [0.25, 0.3) is 0 Å². The molecule has 1 saturated heterocycles. The highest BCUT2D eigenvalue weighted by Crippen LogP contribution is 2.32. The molecule has 2 heterocycles. The van der Waals surface area contributed by atoms with Gasteiger partial charge in [0.05, 0.1) is 11.8 Å². The summed E-state index contributed by atoms with van der Waals surface area (Å²) in [6.07, 6.45) is 2.71. The van der Waals surface area contributed by atoms with Gasteiger partial charge in [-0.3, -0.25) is 9.78 Å². The fourth-order valence-corrected chi connectivity index (χ4v) is 3.71. The number of aliphatic hydroxyl groups excluding tert-OH is 1. The van der Waals surface area contributed by atoms with Gasteiger partial charge >= 0.3 is 0 Å². The Morgan fingerprint density at radius 1 is 1.14 bits per heavy atom. The van der Waals surface area contributed by atoms with E-state index in [0.29, 0.717) is 24.8 Å². The molecule has 2 aromatic carbocycles. The minimum atomic E-state index is -0.698. The number of carbonyl (C=O) groups is 1. The molecule has 0 radical (unpaired) electrons. The standard InChI is InChI=1S/C23H20BrFN2O2/c24-17-4-9-21(26-14-17)20-8-7-19(27-12-11-23(27)29)13-16(20)3-10-22(28)15-1-5-18(25)6-2-15/h1-2,4-9,13-14,22,28H,3,10-12H2/t22-/m0/s1. The summed E-state index contributed by atoms with van der Waals surface area (Å²) < 4.78 is 14.0. The number of hydrogen-bond acceptors (Lipinski definition) is 3. The van der Waals surface area contributed by atoms with Crippen molar-refractivity contribution in [2.45, 2.75) is 25.4 Å². The van der Waals surface area contributed by atoms with E-state index < -0.39 is 6.10 Å². The van der Waals surface area contributed by atoms with Crippen LogP contribution in [0.2, 0.25) is 0 Å². The number of amides is 1. The first-order chi connectivity index (χ1) is 14.0. The van der Waals surface area contributed by atoms with Gasteiger partial charge in [-0.2, -0.15) is 0 Å². The van der Waals surface area contributed by atoms with Crippen molar-refractivity contribution in [1.82, 2.24) is 4.98 Å². The van der Waals surface area contributed by atoms with E-state index in [1.165, 1.54) is 12.1 Å². The topological polar surface area (TPSA) is 53.4 Å². The predicted molar refractivity (Wildman–Crippen MR) is 114 cm³/mol. The van der Waals surface area contributed by atoms with Crippen LogP contribution in [0.15, 0.2) is 65.3 Å². The lowest BCUT2D eigenvalue weighted by molar-refractivity contribution is -0.122. The van der Waals surface area contributed by atoms with Crippen LogP contribution >= 0.6 is 15.9 Å². The van der Waals surface area contributed by atoms with E-state index in [1.807, 2.05) is 30.3 Å². The summed E-state index contributed by atoms with van der Waals surface area (Å²) in [7, 11) is 0. The van der Waals surface area contributed by atoms with Gasteiger partial charge in [0.15, 0.2) is 0 Å². The van der Waals surface area contributed by atoms with E-state index in [1.54, 1.807) is 23.2 Å². The molecular weight excluding hydrogens is 435 g/mol. The van der Waals surface area contributed by atoms with Crippen LogP contribution in [-0.4, -0.2) is 22.5 Å². The van der Waals surface area contributed by atoms with E-state index >= 15 is 0 Å². The highest BCUT2D eigenvalue weighted by atomic mass is 79.9. The van der Waals surface area contributed by atoms with Gasteiger partial charge in [0.1, 0.15) is 5.82 Å². The summed E-state index contributed by atoms with van der Waals surface area (Å²) in [5.74, 6) is -0.201. The van der Waals surface area contributed by atoms with Crippen LogP contribution in [0.25, 0.3) is 11.3 Å². The van der Waals surface area contributed by atoms with E-state index in [9.17, 15) is 14.3 Å². The van der Waals surface area contributed by atoms with Gasteiger partial charge in [-0.25, -0.2) is 4.39 Å². The summed E-state index contributed by atoms with van der Waals surface area (Å²) in [4.78, 5) is 18.1. The largest absolute Gasteiger partial charge is 0.388 e. The SMILES string of the molecule is O=C1CCN1c1ccc(-c2ccc(Br)cn2)c(CC[C@H](O)c2ccc(F)cc2)c1. The second kappa shape index (κ2) is 8.43. The minimum absolute atomic E-state index is 0.122. The van der Waals surface area contributed by atoms with Crippen molar-refractivity contribution in [1.29, 1.82) is 0 Å². The van der Waals surface area contributed by atoms with Crippen LogP contribution in [-0.2, 0) is 11.2 Å². The second-order valence-corrected chi connectivity index (χ2v) is 8.02.